The summed E-state index contributed by atoms with van der Waals surface area (Å²) in [5.74, 6) is 0. The van der Waals surface area contributed by atoms with Crippen LogP contribution in [-0.4, -0.2) is 0 Å². The third kappa shape index (κ3) is 6.47. The fourth-order valence-electron chi connectivity index (χ4n) is 12.2. The molecule has 2 aromatic heterocycles. The van der Waals surface area contributed by atoms with Gasteiger partial charge in [-0.3, -0.25) is 0 Å². The average Bonchev–Trinajstić information content (AvgIpc) is 4.04. The van der Waals surface area contributed by atoms with Gasteiger partial charge in [0.05, 0.1) is 22.7 Å². The minimum Gasteiger partial charge on any atom is -0.453 e. The molecular formula is C70H52N2O2. The van der Waals surface area contributed by atoms with Gasteiger partial charge in [-0.05, 0) is 144 Å². The highest BCUT2D eigenvalue weighted by Gasteiger charge is 2.28. The summed E-state index contributed by atoms with van der Waals surface area (Å²) in [4.78, 5) is 4.90. The van der Waals surface area contributed by atoms with Gasteiger partial charge in [0.15, 0.2) is 11.2 Å². The van der Waals surface area contributed by atoms with Crippen molar-refractivity contribution in [3.8, 4) is 22.3 Å². The molecule has 0 spiro atoms. The van der Waals surface area contributed by atoms with Crippen LogP contribution in [0.4, 0.5) is 34.1 Å². The van der Waals surface area contributed by atoms with Crippen molar-refractivity contribution in [2.75, 3.05) is 9.80 Å². The van der Waals surface area contributed by atoms with Gasteiger partial charge >= 0.3 is 0 Å². The molecular weight excluding hydrogens is 901 g/mol. The van der Waals surface area contributed by atoms with Crippen molar-refractivity contribution in [1.82, 2.24) is 0 Å². The lowest BCUT2D eigenvalue weighted by molar-refractivity contribution is 0.670. The predicted octanol–water partition coefficient (Wildman–Crippen LogP) is 20.5. The molecule has 0 saturated carbocycles. The maximum Gasteiger partial charge on any atom is 0.159 e. The molecule has 0 aliphatic carbocycles. The van der Waals surface area contributed by atoms with Crippen molar-refractivity contribution < 1.29 is 8.83 Å². The van der Waals surface area contributed by atoms with Crippen molar-refractivity contribution in [2.24, 2.45) is 0 Å². The van der Waals surface area contributed by atoms with Crippen LogP contribution in [0.1, 0.15) is 33.4 Å². The van der Waals surface area contributed by atoms with E-state index in [1.807, 2.05) is 0 Å². The number of aryl methyl sites for hydroxylation is 6. The van der Waals surface area contributed by atoms with Gasteiger partial charge in [-0.1, -0.05) is 170 Å². The Labute approximate surface area is 430 Å². The first-order chi connectivity index (χ1) is 36.2. The molecule has 0 fully saturated rings. The van der Waals surface area contributed by atoms with Gasteiger partial charge in [0.2, 0.25) is 0 Å². The van der Waals surface area contributed by atoms with E-state index in [-0.39, 0.29) is 0 Å². The van der Waals surface area contributed by atoms with E-state index < -0.39 is 0 Å². The Balaban J connectivity index is 1.04. The van der Waals surface area contributed by atoms with E-state index in [0.29, 0.717) is 0 Å². The van der Waals surface area contributed by atoms with Gasteiger partial charge in [-0.2, -0.15) is 0 Å². The van der Waals surface area contributed by atoms with E-state index in [1.165, 1.54) is 76.8 Å². The van der Waals surface area contributed by atoms with Crippen LogP contribution in [-0.2, 0) is 0 Å². The largest absolute Gasteiger partial charge is 0.453 e. The van der Waals surface area contributed by atoms with Gasteiger partial charge in [0.1, 0.15) is 11.2 Å². The molecule has 0 amide bonds. The molecule has 14 aromatic rings. The van der Waals surface area contributed by atoms with Crippen LogP contribution in [0.2, 0.25) is 0 Å². The van der Waals surface area contributed by atoms with E-state index in [4.69, 9.17) is 8.83 Å². The molecule has 14 rings (SSSR count). The lowest BCUT2D eigenvalue weighted by Crippen LogP contribution is -2.13. The summed E-state index contributed by atoms with van der Waals surface area (Å²) in [7, 11) is 0. The highest BCUT2D eigenvalue weighted by atomic mass is 16.3. The smallest absolute Gasteiger partial charge is 0.159 e. The van der Waals surface area contributed by atoms with Crippen molar-refractivity contribution in [2.45, 2.75) is 41.5 Å². The zero-order valence-corrected chi connectivity index (χ0v) is 42.3. The summed E-state index contributed by atoms with van der Waals surface area (Å²) in [5, 5.41) is 11.7. The number of hydrogen-bond donors (Lipinski definition) is 0. The van der Waals surface area contributed by atoms with Crippen LogP contribution in [0.15, 0.2) is 215 Å². The maximum absolute atomic E-state index is 7.22. The summed E-state index contributed by atoms with van der Waals surface area (Å²) in [6, 6.07) is 75.1. The van der Waals surface area contributed by atoms with Crippen LogP contribution in [0, 0.1) is 41.5 Å². The van der Waals surface area contributed by atoms with E-state index in [9.17, 15) is 0 Å². The van der Waals surface area contributed by atoms with E-state index in [0.717, 1.165) is 89.1 Å². The minimum atomic E-state index is 0.855. The molecule has 2 heterocycles. The topological polar surface area (TPSA) is 32.8 Å². The quantitative estimate of drug-likeness (QED) is 0.142. The van der Waals surface area contributed by atoms with Gasteiger partial charge in [0, 0.05) is 54.8 Å². The molecule has 0 N–H and O–H groups in total. The lowest BCUT2D eigenvalue weighted by atomic mass is 9.88. The molecule has 0 atom stereocenters. The molecule has 4 nitrogen and oxygen atoms in total. The maximum atomic E-state index is 7.22. The highest BCUT2D eigenvalue weighted by Crippen LogP contribution is 2.53. The van der Waals surface area contributed by atoms with Crippen molar-refractivity contribution in [3.63, 3.8) is 0 Å². The Bertz CT molecular complexity index is 4300. The number of fused-ring (bicyclic) bond motifs is 6. The number of para-hydroxylation sites is 6. The monoisotopic (exact) mass is 952 g/mol. The first-order valence-corrected chi connectivity index (χ1v) is 25.7. The molecule has 0 aliphatic rings. The van der Waals surface area contributed by atoms with Crippen molar-refractivity contribution in [1.29, 1.82) is 0 Å². The lowest BCUT2D eigenvalue weighted by Gasteiger charge is -2.31. The zero-order valence-electron chi connectivity index (χ0n) is 42.3. The summed E-state index contributed by atoms with van der Waals surface area (Å²) in [5.41, 5.74) is 21.6. The Morgan fingerprint density at radius 3 is 0.959 bits per heavy atom. The van der Waals surface area contributed by atoms with Gasteiger partial charge in [-0.15, -0.1) is 0 Å². The number of anilines is 6. The predicted molar refractivity (Wildman–Crippen MR) is 313 cm³/mol. The second-order valence-corrected chi connectivity index (χ2v) is 20.2. The normalized spacial score (nSPS) is 11.9. The number of furan rings is 2. The second-order valence-electron chi connectivity index (χ2n) is 20.2. The summed E-state index contributed by atoms with van der Waals surface area (Å²) in [6.45, 7) is 13.3. The Morgan fingerprint density at radius 2 is 0.554 bits per heavy atom. The molecule has 0 unspecified atom stereocenters. The van der Waals surface area contributed by atoms with Crippen LogP contribution < -0.4 is 9.80 Å². The van der Waals surface area contributed by atoms with E-state index >= 15 is 0 Å². The molecule has 0 aliphatic heterocycles. The molecule has 12 aromatic carbocycles. The SMILES string of the molecule is Cc1ccccc1-c1cccc2c1oc1c(N(c3ccccc3C)c3cc(C)c4ccc5c(N(c6ccccc6C)c6cccc7c6oc6c(-c8ccccc8C)cccc67)cc(C)c6ccc3c4c65)cccc12. The number of hydrogen-bond acceptors (Lipinski definition) is 4. The Hall–Kier alpha value is -9.12. The fourth-order valence-corrected chi connectivity index (χ4v) is 12.2. The highest BCUT2D eigenvalue weighted by molar-refractivity contribution is 6.30. The van der Waals surface area contributed by atoms with Gasteiger partial charge in [0.25, 0.3) is 0 Å². The van der Waals surface area contributed by atoms with Gasteiger partial charge < -0.3 is 18.6 Å². The van der Waals surface area contributed by atoms with E-state index in [1.54, 1.807) is 0 Å². The number of rotatable bonds is 8. The van der Waals surface area contributed by atoms with Crippen molar-refractivity contribution >= 4 is 110 Å². The average molecular weight is 953 g/mol. The van der Waals surface area contributed by atoms with Gasteiger partial charge in [-0.25, -0.2) is 0 Å². The van der Waals surface area contributed by atoms with Crippen LogP contribution in [0.25, 0.3) is 98.4 Å². The fraction of sp³-hybridized carbons (Fsp3) is 0.0857. The van der Waals surface area contributed by atoms with E-state index in [2.05, 4.69) is 258 Å². The standard InChI is InChI=1S/C70H52N2O2/c1-41-19-7-11-23-47(41)51-25-15-27-53-55-29-17-33-61(69(55)73-67(51)53)71(59-31-13-9-21-43(59)3)63-39-45(5)49-36-38-58-64(40-46(6)50-35-37-57(63)65(49)66(50)58)72(60-32-14-10-22-44(60)4)62-34-18-30-56-54-28-16-26-52(68(54)74-70(56)62)48-24-12-8-20-42(48)2/h7-40H,1-6H3. The first-order valence-electron chi connectivity index (χ1n) is 25.7. The molecule has 354 valence electrons. The molecule has 74 heavy (non-hydrogen) atoms. The second kappa shape index (κ2) is 16.7. The van der Waals surface area contributed by atoms with Crippen LogP contribution >= 0.6 is 0 Å². The minimum absolute atomic E-state index is 0.855. The molecule has 0 radical (unpaired) electrons. The summed E-state index contributed by atoms with van der Waals surface area (Å²) >= 11 is 0. The summed E-state index contributed by atoms with van der Waals surface area (Å²) < 4.78 is 14.4. The summed E-state index contributed by atoms with van der Waals surface area (Å²) in [6.07, 6.45) is 0. The Kier molecular flexibility index (Phi) is 9.87. The molecule has 0 saturated heterocycles. The number of benzene rings is 12. The zero-order chi connectivity index (χ0) is 49.9. The van der Waals surface area contributed by atoms with Crippen molar-refractivity contribution in [3.05, 3.63) is 240 Å². The third-order valence-corrected chi connectivity index (χ3v) is 15.8. The van der Waals surface area contributed by atoms with Crippen LogP contribution in [0.3, 0.4) is 0 Å². The molecule has 4 heteroatoms. The van der Waals surface area contributed by atoms with Crippen LogP contribution in [0.5, 0.6) is 0 Å². The molecule has 0 bridgehead atoms. The number of nitrogens with zero attached hydrogens (tertiary/aromatic N) is 2. The first kappa shape index (κ1) is 43.7. The third-order valence-electron chi connectivity index (χ3n) is 15.8. The Morgan fingerprint density at radius 1 is 0.230 bits per heavy atom.